The van der Waals surface area contributed by atoms with E-state index in [4.69, 9.17) is 9.52 Å². The summed E-state index contributed by atoms with van der Waals surface area (Å²) < 4.78 is 5.77. The van der Waals surface area contributed by atoms with Crippen molar-refractivity contribution < 1.29 is 19.1 Å². The summed E-state index contributed by atoms with van der Waals surface area (Å²) in [4.78, 5) is 36.2. The first-order chi connectivity index (χ1) is 13.0. The van der Waals surface area contributed by atoms with Crippen molar-refractivity contribution in [2.75, 3.05) is 0 Å². The van der Waals surface area contributed by atoms with Crippen LogP contribution < -0.4 is 5.43 Å². The molecule has 140 valence electrons. The van der Waals surface area contributed by atoms with Gasteiger partial charge in [-0.1, -0.05) is 38.7 Å². The van der Waals surface area contributed by atoms with Gasteiger partial charge in [-0.05, 0) is 36.8 Å². The smallest absolute Gasteiger partial charge is 0.335 e. The Labute approximate surface area is 156 Å². The summed E-state index contributed by atoms with van der Waals surface area (Å²) in [6.07, 6.45) is 5.87. The third-order valence-electron chi connectivity index (χ3n) is 4.75. The Kier molecular flexibility index (Phi) is 5.69. The van der Waals surface area contributed by atoms with E-state index < -0.39 is 5.97 Å². The van der Waals surface area contributed by atoms with E-state index >= 15 is 0 Å². The minimum atomic E-state index is -1.10. The summed E-state index contributed by atoms with van der Waals surface area (Å²) in [5.74, 6) is -1.06. The molecule has 0 spiro atoms. The quantitative estimate of drug-likeness (QED) is 0.337. The molecule has 3 rings (SSSR count). The van der Waals surface area contributed by atoms with E-state index in [-0.39, 0.29) is 22.2 Å². The van der Waals surface area contributed by atoms with Crippen LogP contribution in [-0.4, -0.2) is 16.9 Å². The van der Waals surface area contributed by atoms with Crippen molar-refractivity contribution in [2.24, 2.45) is 0 Å². The molecule has 1 aromatic heterocycles. The fourth-order valence-electron chi connectivity index (χ4n) is 3.19. The van der Waals surface area contributed by atoms with E-state index in [0.29, 0.717) is 28.5 Å². The molecule has 0 unspecified atom stereocenters. The Bertz CT molecular complexity index is 1060. The zero-order valence-electron chi connectivity index (χ0n) is 15.3. The fraction of sp³-hybridized carbons (Fsp3) is 0.318. The molecule has 5 nitrogen and oxygen atoms in total. The minimum Gasteiger partial charge on any atom is -0.478 e. The Morgan fingerprint density at radius 3 is 2.37 bits per heavy atom. The third-order valence-corrected chi connectivity index (χ3v) is 4.75. The second kappa shape index (κ2) is 8.16. The van der Waals surface area contributed by atoms with E-state index in [1.165, 1.54) is 31.0 Å². The average Bonchev–Trinajstić information content (AvgIpc) is 2.67. The van der Waals surface area contributed by atoms with Crippen LogP contribution >= 0.6 is 0 Å². The molecule has 0 aliphatic heterocycles. The highest BCUT2D eigenvalue weighted by Gasteiger charge is 2.13. The lowest BCUT2D eigenvalue weighted by molar-refractivity contribution is 0.0696. The summed E-state index contributed by atoms with van der Waals surface area (Å²) in [5, 5.41) is 9.65. The van der Waals surface area contributed by atoms with Gasteiger partial charge in [0.1, 0.15) is 11.2 Å². The van der Waals surface area contributed by atoms with Crippen molar-refractivity contribution in [3.05, 3.63) is 57.7 Å². The molecule has 2 aromatic carbocycles. The molecule has 0 amide bonds. The normalized spacial score (nSPS) is 11.1. The highest BCUT2D eigenvalue weighted by atomic mass is 16.4. The van der Waals surface area contributed by atoms with Crippen LogP contribution in [0.5, 0.6) is 0 Å². The molecule has 5 heteroatoms. The molecule has 0 bridgehead atoms. The summed E-state index contributed by atoms with van der Waals surface area (Å²) in [5.41, 5.74) is 0.911. The molecule has 0 aliphatic rings. The van der Waals surface area contributed by atoms with Gasteiger partial charge in [0, 0.05) is 12.0 Å². The van der Waals surface area contributed by atoms with Crippen molar-refractivity contribution in [2.45, 2.75) is 45.4 Å². The van der Waals surface area contributed by atoms with E-state index in [1.807, 2.05) is 0 Å². The number of carboxylic acid groups (broad SMARTS) is 1. The van der Waals surface area contributed by atoms with Crippen molar-refractivity contribution in [1.82, 2.24) is 0 Å². The predicted octanol–water partition coefficient (Wildman–Crippen LogP) is 5.19. The second-order valence-electron chi connectivity index (χ2n) is 6.75. The van der Waals surface area contributed by atoms with E-state index in [0.717, 1.165) is 19.3 Å². The van der Waals surface area contributed by atoms with Crippen molar-refractivity contribution >= 4 is 33.7 Å². The summed E-state index contributed by atoms with van der Waals surface area (Å²) in [7, 11) is 0. The highest BCUT2D eigenvalue weighted by Crippen LogP contribution is 2.22. The van der Waals surface area contributed by atoms with Crippen molar-refractivity contribution in [3.8, 4) is 0 Å². The minimum absolute atomic E-state index is 0.0315. The van der Waals surface area contributed by atoms with Crippen LogP contribution in [0.25, 0.3) is 21.9 Å². The van der Waals surface area contributed by atoms with Gasteiger partial charge >= 0.3 is 5.97 Å². The number of rotatable bonds is 8. The van der Waals surface area contributed by atoms with Gasteiger partial charge in [-0.3, -0.25) is 9.59 Å². The number of Topliss-reactive ketones (excluding diaryl/α,β-unsaturated/α-hetero) is 1. The molecule has 0 aliphatic carbocycles. The number of hydrogen-bond donors (Lipinski definition) is 1. The standard InChI is InChI=1S/C22H22O5/c1-2-3-4-5-6-7-18(23)14-8-10-16-20(13-14)27-19-11-9-15(22(25)26)12-17(19)21(16)24/h8-13H,2-7H2,1H3,(H,25,26). The molecule has 0 saturated carbocycles. The van der Waals surface area contributed by atoms with Crippen LogP contribution in [0.2, 0.25) is 0 Å². The van der Waals surface area contributed by atoms with Crippen LogP contribution in [0, 0.1) is 0 Å². The molecule has 0 atom stereocenters. The Hall–Kier alpha value is -2.95. The van der Waals surface area contributed by atoms with Crippen molar-refractivity contribution in [3.63, 3.8) is 0 Å². The van der Waals surface area contributed by atoms with Gasteiger partial charge in [0.05, 0.1) is 16.3 Å². The van der Waals surface area contributed by atoms with E-state index in [9.17, 15) is 14.4 Å². The zero-order valence-corrected chi connectivity index (χ0v) is 15.3. The SMILES string of the molecule is CCCCCCCC(=O)c1ccc2c(=O)c3cc(C(=O)O)ccc3oc2c1. The van der Waals surface area contributed by atoms with Gasteiger partial charge in [0.15, 0.2) is 5.78 Å². The maximum absolute atomic E-state index is 12.7. The number of aromatic carboxylic acids is 1. The van der Waals surface area contributed by atoms with Gasteiger partial charge in [0.25, 0.3) is 0 Å². The number of carbonyl (C=O) groups excluding carboxylic acids is 1. The molecule has 1 N–H and O–H groups in total. The van der Waals surface area contributed by atoms with Crippen LogP contribution in [0.1, 0.15) is 66.2 Å². The summed E-state index contributed by atoms with van der Waals surface area (Å²) >= 11 is 0. The first-order valence-corrected chi connectivity index (χ1v) is 9.28. The zero-order chi connectivity index (χ0) is 19.4. The molecular formula is C22H22O5. The predicted molar refractivity (Wildman–Crippen MR) is 105 cm³/mol. The average molecular weight is 366 g/mol. The number of carbonyl (C=O) groups is 2. The number of carboxylic acids is 1. The summed E-state index contributed by atoms with van der Waals surface area (Å²) in [6.45, 7) is 2.15. The third kappa shape index (κ3) is 4.08. The maximum Gasteiger partial charge on any atom is 0.335 e. The Morgan fingerprint density at radius 1 is 0.889 bits per heavy atom. The first-order valence-electron chi connectivity index (χ1n) is 9.28. The molecule has 0 saturated heterocycles. The van der Waals surface area contributed by atoms with E-state index in [2.05, 4.69) is 6.92 Å². The summed E-state index contributed by atoms with van der Waals surface area (Å²) in [6, 6.07) is 9.01. The number of benzene rings is 2. The molecule has 1 heterocycles. The number of ketones is 1. The molecule has 0 fully saturated rings. The lowest BCUT2D eigenvalue weighted by atomic mass is 10.0. The first kappa shape index (κ1) is 18.8. The van der Waals surface area contributed by atoms with Gasteiger partial charge in [-0.25, -0.2) is 4.79 Å². The number of hydrogen-bond acceptors (Lipinski definition) is 4. The van der Waals surface area contributed by atoms with Gasteiger partial charge in [0.2, 0.25) is 5.43 Å². The molecule has 0 radical (unpaired) electrons. The number of unbranched alkanes of at least 4 members (excludes halogenated alkanes) is 4. The maximum atomic E-state index is 12.7. The van der Waals surface area contributed by atoms with Crippen LogP contribution in [0.4, 0.5) is 0 Å². The number of fused-ring (bicyclic) bond motifs is 2. The largest absolute Gasteiger partial charge is 0.478 e. The van der Waals surface area contributed by atoms with Crippen LogP contribution in [-0.2, 0) is 0 Å². The molecular weight excluding hydrogens is 344 g/mol. The van der Waals surface area contributed by atoms with E-state index in [1.54, 1.807) is 18.2 Å². The molecule has 27 heavy (non-hydrogen) atoms. The van der Waals surface area contributed by atoms with Crippen molar-refractivity contribution in [1.29, 1.82) is 0 Å². The Balaban J connectivity index is 1.90. The Morgan fingerprint density at radius 2 is 1.63 bits per heavy atom. The second-order valence-corrected chi connectivity index (χ2v) is 6.75. The van der Waals surface area contributed by atoms with Gasteiger partial charge in [-0.15, -0.1) is 0 Å². The highest BCUT2D eigenvalue weighted by molar-refractivity contribution is 6.01. The van der Waals surface area contributed by atoms with Crippen LogP contribution in [0.15, 0.2) is 45.6 Å². The fourth-order valence-corrected chi connectivity index (χ4v) is 3.19. The van der Waals surface area contributed by atoms with Gasteiger partial charge < -0.3 is 9.52 Å². The topological polar surface area (TPSA) is 84.6 Å². The van der Waals surface area contributed by atoms with Gasteiger partial charge in [-0.2, -0.15) is 0 Å². The lowest BCUT2D eigenvalue weighted by Crippen LogP contribution is -2.06. The lowest BCUT2D eigenvalue weighted by Gasteiger charge is -2.05. The molecule has 3 aromatic rings. The van der Waals surface area contributed by atoms with Crippen LogP contribution in [0.3, 0.4) is 0 Å². The monoisotopic (exact) mass is 366 g/mol.